The summed E-state index contributed by atoms with van der Waals surface area (Å²) in [5, 5.41) is 1.55. The van der Waals surface area contributed by atoms with Crippen molar-refractivity contribution in [2.75, 3.05) is 0 Å². The molecule has 0 spiro atoms. The first-order valence-corrected chi connectivity index (χ1v) is 10.4. The summed E-state index contributed by atoms with van der Waals surface area (Å²) in [4.78, 5) is 0. The molecule has 0 aromatic heterocycles. The van der Waals surface area contributed by atoms with Gasteiger partial charge in [-0.25, -0.2) is 0 Å². The first-order valence-electron chi connectivity index (χ1n) is 7.18. The van der Waals surface area contributed by atoms with E-state index in [4.69, 9.17) is 4.74 Å². The molecule has 2 atom stereocenters. The van der Waals surface area contributed by atoms with Gasteiger partial charge in [0, 0.05) is 0 Å². The highest BCUT2D eigenvalue weighted by molar-refractivity contribution is 6.90. The third-order valence-corrected chi connectivity index (χ3v) is 7.80. The van der Waals surface area contributed by atoms with Crippen LogP contribution < -0.4 is 5.19 Å². The van der Waals surface area contributed by atoms with Crippen LogP contribution in [0.4, 0.5) is 0 Å². The first-order chi connectivity index (χ1) is 8.45. The predicted molar refractivity (Wildman–Crippen MR) is 81.2 cm³/mol. The third kappa shape index (κ3) is 3.04. The average Bonchev–Trinajstić information content (AvgIpc) is 2.71. The second-order valence-corrected chi connectivity index (χ2v) is 11.3. The molecular formula is C16H26OSi. The van der Waals surface area contributed by atoms with E-state index in [-0.39, 0.29) is 5.60 Å². The zero-order valence-electron chi connectivity index (χ0n) is 12.2. The summed E-state index contributed by atoms with van der Waals surface area (Å²) >= 11 is 0. The molecule has 1 aromatic carbocycles. The van der Waals surface area contributed by atoms with Crippen molar-refractivity contribution in [3.8, 4) is 0 Å². The van der Waals surface area contributed by atoms with Crippen molar-refractivity contribution < 1.29 is 4.74 Å². The fourth-order valence-electron chi connectivity index (χ4n) is 3.33. The molecule has 0 aliphatic carbocycles. The Morgan fingerprint density at radius 2 is 1.94 bits per heavy atom. The smallest absolute Gasteiger partial charge is 0.0834 e. The molecule has 18 heavy (non-hydrogen) atoms. The van der Waals surface area contributed by atoms with E-state index in [1.165, 1.54) is 18.9 Å². The summed E-state index contributed by atoms with van der Waals surface area (Å²) in [7, 11) is -1.38. The zero-order chi connectivity index (χ0) is 13.2. The van der Waals surface area contributed by atoms with Crippen LogP contribution in [0.3, 0.4) is 0 Å². The van der Waals surface area contributed by atoms with Gasteiger partial charge in [0.15, 0.2) is 0 Å². The van der Waals surface area contributed by atoms with E-state index in [0.717, 1.165) is 6.42 Å². The van der Waals surface area contributed by atoms with Crippen molar-refractivity contribution in [2.45, 2.75) is 64.0 Å². The van der Waals surface area contributed by atoms with E-state index in [2.05, 4.69) is 57.3 Å². The van der Waals surface area contributed by atoms with Crippen molar-refractivity contribution >= 4 is 13.3 Å². The van der Waals surface area contributed by atoms with Crippen LogP contribution in [0.15, 0.2) is 30.3 Å². The summed E-state index contributed by atoms with van der Waals surface area (Å²) < 4.78 is 6.29. The lowest BCUT2D eigenvalue weighted by molar-refractivity contribution is -0.0168. The van der Waals surface area contributed by atoms with E-state index in [1.54, 1.807) is 5.19 Å². The largest absolute Gasteiger partial charge is 0.372 e. The first kappa shape index (κ1) is 13.8. The minimum absolute atomic E-state index is 0.117. The van der Waals surface area contributed by atoms with Crippen molar-refractivity contribution in [3.05, 3.63) is 30.3 Å². The zero-order valence-corrected chi connectivity index (χ0v) is 13.2. The van der Waals surface area contributed by atoms with Gasteiger partial charge in [-0.1, -0.05) is 55.5 Å². The summed E-state index contributed by atoms with van der Waals surface area (Å²) in [5.74, 6) is 0. The van der Waals surface area contributed by atoms with Gasteiger partial charge in [-0.3, -0.25) is 0 Å². The molecular weight excluding hydrogens is 236 g/mol. The molecule has 0 saturated carbocycles. The Morgan fingerprint density at radius 3 is 2.50 bits per heavy atom. The summed E-state index contributed by atoms with van der Waals surface area (Å²) in [5.41, 5.74) is 0.117. The van der Waals surface area contributed by atoms with Gasteiger partial charge in [-0.05, 0) is 32.2 Å². The molecule has 2 heteroatoms. The molecule has 100 valence electrons. The molecule has 0 amide bonds. The molecule has 1 heterocycles. The fraction of sp³-hybridized carbons (Fsp3) is 0.625. The van der Waals surface area contributed by atoms with Gasteiger partial charge in [0.05, 0.1) is 19.8 Å². The number of hydrogen-bond donors (Lipinski definition) is 0. The average molecular weight is 262 g/mol. The SMILES string of the molecule is CCC1CCC(C)(C[Si](C)(C)c2ccccc2)O1. The minimum atomic E-state index is -1.38. The molecule has 1 nitrogen and oxygen atoms in total. The molecule has 1 aliphatic rings. The number of rotatable bonds is 4. The van der Waals surface area contributed by atoms with Gasteiger partial charge in [-0.15, -0.1) is 0 Å². The number of ether oxygens (including phenoxy) is 1. The van der Waals surface area contributed by atoms with Gasteiger partial charge in [0.25, 0.3) is 0 Å². The molecule has 1 aliphatic heterocycles. The Labute approximate surface area is 113 Å². The van der Waals surface area contributed by atoms with E-state index in [0.29, 0.717) is 6.10 Å². The van der Waals surface area contributed by atoms with Gasteiger partial charge in [0.2, 0.25) is 0 Å². The lowest BCUT2D eigenvalue weighted by atomic mass is 10.0. The van der Waals surface area contributed by atoms with E-state index in [9.17, 15) is 0 Å². The van der Waals surface area contributed by atoms with Gasteiger partial charge < -0.3 is 4.74 Å². The Kier molecular flexibility index (Phi) is 3.98. The second kappa shape index (κ2) is 5.18. The van der Waals surface area contributed by atoms with Crippen LogP contribution in [-0.4, -0.2) is 19.8 Å². The maximum atomic E-state index is 6.29. The lowest BCUT2D eigenvalue weighted by Crippen LogP contribution is -2.47. The summed E-state index contributed by atoms with van der Waals surface area (Å²) in [6.07, 6.45) is 4.12. The molecule has 2 rings (SSSR count). The monoisotopic (exact) mass is 262 g/mol. The normalized spacial score (nSPS) is 28.6. The fourth-order valence-corrected chi connectivity index (χ4v) is 6.76. The maximum absolute atomic E-state index is 6.29. The van der Waals surface area contributed by atoms with Gasteiger partial charge in [0.1, 0.15) is 0 Å². The Morgan fingerprint density at radius 1 is 1.28 bits per heavy atom. The summed E-state index contributed by atoms with van der Waals surface area (Å²) in [6, 6.07) is 12.3. The minimum Gasteiger partial charge on any atom is -0.372 e. The molecule has 1 saturated heterocycles. The van der Waals surface area contributed by atoms with Crippen LogP contribution in [0.5, 0.6) is 0 Å². The quantitative estimate of drug-likeness (QED) is 0.747. The van der Waals surface area contributed by atoms with Crippen LogP contribution in [0.2, 0.25) is 19.1 Å². The molecule has 1 aromatic rings. The Hall–Kier alpha value is -0.603. The van der Waals surface area contributed by atoms with E-state index < -0.39 is 8.07 Å². The molecule has 0 radical (unpaired) electrons. The number of hydrogen-bond acceptors (Lipinski definition) is 1. The van der Waals surface area contributed by atoms with E-state index in [1.807, 2.05) is 0 Å². The highest BCUT2D eigenvalue weighted by atomic mass is 28.3. The predicted octanol–water partition coefficient (Wildman–Crippen LogP) is 3.95. The summed E-state index contributed by atoms with van der Waals surface area (Å²) in [6.45, 7) is 9.49. The maximum Gasteiger partial charge on any atom is 0.0834 e. The van der Waals surface area contributed by atoms with Crippen molar-refractivity contribution in [2.24, 2.45) is 0 Å². The topological polar surface area (TPSA) is 9.23 Å². The van der Waals surface area contributed by atoms with Crippen LogP contribution in [-0.2, 0) is 4.74 Å². The molecule has 2 unspecified atom stereocenters. The van der Waals surface area contributed by atoms with Crippen LogP contribution >= 0.6 is 0 Å². The second-order valence-electron chi connectivity index (χ2n) is 6.56. The van der Waals surface area contributed by atoms with Gasteiger partial charge >= 0.3 is 0 Å². The standard InChI is InChI=1S/C16H26OSi/c1-5-14-11-12-16(2,17-14)13-18(3,4)15-9-7-6-8-10-15/h6-10,14H,5,11-13H2,1-4H3. The Bertz CT molecular complexity index is 387. The number of benzene rings is 1. The van der Waals surface area contributed by atoms with E-state index >= 15 is 0 Å². The lowest BCUT2D eigenvalue weighted by Gasteiger charge is -2.34. The van der Waals surface area contributed by atoms with Crippen molar-refractivity contribution in [3.63, 3.8) is 0 Å². The van der Waals surface area contributed by atoms with Crippen LogP contribution in [0.25, 0.3) is 0 Å². The highest BCUT2D eigenvalue weighted by Crippen LogP contribution is 2.37. The highest BCUT2D eigenvalue weighted by Gasteiger charge is 2.40. The van der Waals surface area contributed by atoms with Crippen molar-refractivity contribution in [1.29, 1.82) is 0 Å². The Balaban J connectivity index is 2.09. The van der Waals surface area contributed by atoms with Gasteiger partial charge in [-0.2, -0.15) is 0 Å². The van der Waals surface area contributed by atoms with Crippen LogP contribution in [0.1, 0.15) is 33.1 Å². The molecule has 0 N–H and O–H groups in total. The molecule has 1 fully saturated rings. The van der Waals surface area contributed by atoms with Crippen LogP contribution in [0, 0.1) is 0 Å². The third-order valence-electron chi connectivity index (χ3n) is 4.27. The molecule has 0 bridgehead atoms. The van der Waals surface area contributed by atoms with Crippen molar-refractivity contribution in [1.82, 2.24) is 0 Å².